The molecule has 1 fully saturated rings. The van der Waals surface area contributed by atoms with Crippen molar-refractivity contribution >= 4 is 44.6 Å². The molecule has 1 aromatic heterocycles. The van der Waals surface area contributed by atoms with Crippen molar-refractivity contribution in [2.75, 3.05) is 31.6 Å². The maximum Gasteiger partial charge on any atom is 0.243 e. The average Bonchev–Trinajstić information content (AvgIpc) is 3.23. The maximum atomic E-state index is 12.8. The summed E-state index contributed by atoms with van der Waals surface area (Å²) >= 11 is 7.63. The number of aromatic nitrogens is 1. The normalized spacial score (nSPS) is 15.0. The fourth-order valence-electron chi connectivity index (χ4n) is 3.19. The van der Waals surface area contributed by atoms with E-state index in [-0.39, 0.29) is 17.2 Å². The minimum Gasteiger partial charge on any atom is -0.379 e. The molecule has 0 atom stereocenters. The molecular formula is C21H20ClN3O4S2. The number of ether oxygens (including phenoxy) is 1. The zero-order valence-corrected chi connectivity index (χ0v) is 18.8. The van der Waals surface area contributed by atoms with Gasteiger partial charge in [0.05, 0.1) is 35.2 Å². The Morgan fingerprint density at radius 2 is 1.94 bits per heavy atom. The molecule has 0 aliphatic carbocycles. The van der Waals surface area contributed by atoms with Gasteiger partial charge in [-0.1, -0.05) is 35.9 Å². The van der Waals surface area contributed by atoms with Crippen molar-refractivity contribution in [2.24, 2.45) is 0 Å². The summed E-state index contributed by atoms with van der Waals surface area (Å²) in [5.41, 5.74) is 1.86. The van der Waals surface area contributed by atoms with Crippen LogP contribution in [-0.2, 0) is 26.0 Å². The van der Waals surface area contributed by atoms with E-state index in [1.54, 1.807) is 18.2 Å². The highest BCUT2D eigenvalue weighted by Gasteiger charge is 2.26. The molecule has 10 heteroatoms. The van der Waals surface area contributed by atoms with Crippen LogP contribution in [0.1, 0.15) is 5.69 Å². The summed E-state index contributed by atoms with van der Waals surface area (Å²) in [5.74, 6) is -0.281. The molecule has 1 amide bonds. The lowest BCUT2D eigenvalue weighted by Crippen LogP contribution is -2.40. The van der Waals surface area contributed by atoms with E-state index < -0.39 is 10.0 Å². The Kier molecular flexibility index (Phi) is 6.68. The number of anilines is 1. The number of thiazole rings is 1. The van der Waals surface area contributed by atoms with E-state index in [0.29, 0.717) is 42.7 Å². The molecule has 1 N–H and O–H groups in total. The van der Waals surface area contributed by atoms with Gasteiger partial charge in [0.15, 0.2) is 0 Å². The van der Waals surface area contributed by atoms with Gasteiger partial charge in [-0.15, -0.1) is 11.3 Å². The minimum absolute atomic E-state index is 0.0708. The molecule has 7 nitrogen and oxygen atoms in total. The summed E-state index contributed by atoms with van der Waals surface area (Å²) in [6, 6.07) is 13.7. The average molecular weight is 478 g/mol. The Morgan fingerprint density at radius 3 is 2.71 bits per heavy atom. The molecule has 31 heavy (non-hydrogen) atoms. The molecule has 3 aromatic rings. The van der Waals surface area contributed by atoms with Crippen LogP contribution in [-0.4, -0.2) is 49.9 Å². The molecular weight excluding hydrogens is 458 g/mol. The van der Waals surface area contributed by atoms with Gasteiger partial charge in [0.25, 0.3) is 0 Å². The SMILES string of the molecule is O=C(Cc1csc(-c2ccccc2Cl)n1)Nc1cccc(S(=O)(=O)N2CCOCC2)c1. The molecule has 0 saturated carbocycles. The second kappa shape index (κ2) is 9.46. The lowest BCUT2D eigenvalue weighted by atomic mass is 10.2. The smallest absolute Gasteiger partial charge is 0.243 e. The maximum absolute atomic E-state index is 12.8. The van der Waals surface area contributed by atoms with Gasteiger partial charge in [0, 0.05) is 29.7 Å². The highest BCUT2D eigenvalue weighted by Crippen LogP contribution is 2.30. The first kappa shape index (κ1) is 21.9. The van der Waals surface area contributed by atoms with Gasteiger partial charge in [0.2, 0.25) is 15.9 Å². The molecule has 0 unspecified atom stereocenters. The third-order valence-corrected chi connectivity index (χ3v) is 7.87. The first-order valence-corrected chi connectivity index (χ1v) is 12.3. The first-order valence-electron chi connectivity index (χ1n) is 9.60. The third-order valence-electron chi connectivity index (χ3n) is 4.72. The Morgan fingerprint density at radius 1 is 1.16 bits per heavy atom. The number of carbonyl (C=O) groups excluding carboxylic acids is 1. The predicted molar refractivity (Wildman–Crippen MR) is 121 cm³/mol. The number of hydrogen-bond acceptors (Lipinski definition) is 6. The summed E-state index contributed by atoms with van der Waals surface area (Å²) < 4.78 is 32.3. The van der Waals surface area contributed by atoms with Crippen molar-refractivity contribution in [3.05, 3.63) is 64.6 Å². The standard InChI is InChI=1S/C21H20ClN3O4S2/c22-19-7-2-1-6-18(19)21-24-16(14-30-21)13-20(26)23-15-4-3-5-17(12-15)31(27,28)25-8-10-29-11-9-25/h1-7,12,14H,8-11,13H2,(H,23,26). The van der Waals surface area contributed by atoms with Gasteiger partial charge in [-0.3, -0.25) is 4.79 Å². The summed E-state index contributed by atoms with van der Waals surface area (Å²) in [6.07, 6.45) is 0.0708. The van der Waals surface area contributed by atoms with Gasteiger partial charge in [-0.25, -0.2) is 13.4 Å². The van der Waals surface area contributed by atoms with Crippen molar-refractivity contribution in [3.63, 3.8) is 0 Å². The lowest BCUT2D eigenvalue weighted by molar-refractivity contribution is -0.115. The van der Waals surface area contributed by atoms with Gasteiger partial charge >= 0.3 is 0 Å². The minimum atomic E-state index is -3.63. The molecule has 0 radical (unpaired) electrons. The zero-order chi connectivity index (χ0) is 21.8. The van der Waals surface area contributed by atoms with Crippen LogP contribution in [0.25, 0.3) is 10.6 Å². The fourth-order valence-corrected chi connectivity index (χ4v) is 5.78. The van der Waals surface area contributed by atoms with Crippen molar-refractivity contribution in [1.82, 2.24) is 9.29 Å². The third kappa shape index (κ3) is 5.13. The number of hydrogen-bond donors (Lipinski definition) is 1. The topological polar surface area (TPSA) is 88.6 Å². The van der Waals surface area contributed by atoms with E-state index in [4.69, 9.17) is 16.3 Å². The number of morpholine rings is 1. The second-order valence-electron chi connectivity index (χ2n) is 6.89. The Labute approximate surface area is 189 Å². The molecule has 0 spiro atoms. The molecule has 162 valence electrons. The Bertz CT molecular complexity index is 1190. The van der Waals surface area contributed by atoms with E-state index >= 15 is 0 Å². The number of rotatable bonds is 6. The molecule has 1 aliphatic heterocycles. The van der Waals surface area contributed by atoms with Crippen LogP contribution in [0.3, 0.4) is 0 Å². The van der Waals surface area contributed by atoms with E-state index in [1.165, 1.54) is 27.8 Å². The van der Waals surface area contributed by atoms with Crippen molar-refractivity contribution in [1.29, 1.82) is 0 Å². The van der Waals surface area contributed by atoms with Gasteiger partial charge < -0.3 is 10.1 Å². The predicted octanol–water partition coefficient (Wildman–Crippen LogP) is 3.67. The zero-order valence-electron chi connectivity index (χ0n) is 16.5. The Balaban J connectivity index is 1.44. The summed E-state index contributed by atoms with van der Waals surface area (Å²) in [6.45, 7) is 1.38. The summed E-state index contributed by atoms with van der Waals surface area (Å²) in [4.78, 5) is 17.1. The number of nitrogens with one attached hydrogen (secondary N) is 1. The van der Waals surface area contributed by atoms with Crippen LogP contribution >= 0.6 is 22.9 Å². The number of benzene rings is 2. The van der Waals surface area contributed by atoms with Crippen LogP contribution in [0.5, 0.6) is 0 Å². The van der Waals surface area contributed by atoms with Gasteiger partial charge in [-0.2, -0.15) is 4.31 Å². The lowest BCUT2D eigenvalue weighted by Gasteiger charge is -2.26. The van der Waals surface area contributed by atoms with Gasteiger partial charge in [-0.05, 0) is 24.3 Å². The fraction of sp³-hybridized carbons (Fsp3) is 0.238. The largest absolute Gasteiger partial charge is 0.379 e. The first-order chi connectivity index (χ1) is 14.9. The van der Waals surface area contributed by atoms with E-state index in [9.17, 15) is 13.2 Å². The molecule has 0 bridgehead atoms. The molecule has 2 aromatic carbocycles. The number of sulfonamides is 1. The van der Waals surface area contributed by atoms with Crippen molar-refractivity contribution in [3.8, 4) is 10.6 Å². The number of nitrogens with zero attached hydrogens (tertiary/aromatic N) is 2. The second-order valence-corrected chi connectivity index (χ2v) is 10.1. The number of amides is 1. The monoisotopic (exact) mass is 477 g/mol. The Hall–Kier alpha value is -2.30. The molecule has 1 aliphatic rings. The van der Waals surface area contributed by atoms with Crippen LogP contribution in [0, 0.1) is 0 Å². The molecule has 2 heterocycles. The van der Waals surface area contributed by atoms with E-state index in [1.807, 2.05) is 23.6 Å². The molecule has 1 saturated heterocycles. The van der Waals surface area contributed by atoms with Crippen LogP contribution in [0.15, 0.2) is 58.8 Å². The van der Waals surface area contributed by atoms with Crippen molar-refractivity contribution < 1.29 is 17.9 Å². The quantitative estimate of drug-likeness (QED) is 0.585. The van der Waals surface area contributed by atoms with Gasteiger partial charge in [0.1, 0.15) is 5.01 Å². The summed E-state index contributed by atoms with van der Waals surface area (Å²) in [7, 11) is -3.63. The van der Waals surface area contributed by atoms with E-state index in [0.717, 1.165) is 10.6 Å². The highest BCUT2D eigenvalue weighted by atomic mass is 35.5. The number of carbonyl (C=O) groups is 1. The van der Waals surface area contributed by atoms with Crippen LogP contribution in [0.4, 0.5) is 5.69 Å². The summed E-state index contributed by atoms with van der Waals surface area (Å²) in [5, 5.41) is 5.92. The van der Waals surface area contributed by atoms with Crippen LogP contribution < -0.4 is 5.32 Å². The molecule has 4 rings (SSSR count). The van der Waals surface area contributed by atoms with E-state index in [2.05, 4.69) is 10.3 Å². The number of halogens is 1. The highest BCUT2D eigenvalue weighted by molar-refractivity contribution is 7.89. The van der Waals surface area contributed by atoms with Crippen molar-refractivity contribution in [2.45, 2.75) is 11.3 Å². The van der Waals surface area contributed by atoms with Crippen LogP contribution in [0.2, 0.25) is 5.02 Å².